The SMILES string of the molecule is COc1ccc(C(CC(=O)N[C@@H](Cc2ccccc2)C(N)=O)c2oc(C)cc(=O)c2O)cc1. The first kappa shape index (κ1) is 23.6. The van der Waals surface area contributed by atoms with Gasteiger partial charge in [0.15, 0.2) is 5.76 Å². The van der Waals surface area contributed by atoms with Gasteiger partial charge < -0.3 is 25.3 Å². The molecule has 1 heterocycles. The fraction of sp³-hybridized carbons (Fsp3) is 0.240. The Labute approximate surface area is 191 Å². The van der Waals surface area contributed by atoms with E-state index >= 15 is 0 Å². The first-order valence-electron chi connectivity index (χ1n) is 10.4. The quantitative estimate of drug-likeness (QED) is 0.459. The van der Waals surface area contributed by atoms with Crippen molar-refractivity contribution in [3.05, 3.63) is 93.5 Å². The zero-order valence-electron chi connectivity index (χ0n) is 18.4. The molecule has 3 aromatic rings. The van der Waals surface area contributed by atoms with E-state index in [0.29, 0.717) is 17.1 Å². The van der Waals surface area contributed by atoms with Gasteiger partial charge in [-0.15, -0.1) is 0 Å². The van der Waals surface area contributed by atoms with Crippen molar-refractivity contribution in [1.29, 1.82) is 0 Å². The van der Waals surface area contributed by atoms with Gasteiger partial charge in [0, 0.05) is 18.9 Å². The number of aromatic hydroxyl groups is 1. The molecule has 2 atom stereocenters. The van der Waals surface area contributed by atoms with Crippen LogP contribution in [0.15, 0.2) is 69.9 Å². The Morgan fingerprint density at radius 2 is 1.79 bits per heavy atom. The van der Waals surface area contributed by atoms with E-state index in [1.807, 2.05) is 30.3 Å². The summed E-state index contributed by atoms with van der Waals surface area (Å²) in [4.78, 5) is 37.1. The lowest BCUT2D eigenvalue weighted by Crippen LogP contribution is -2.46. The zero-order valence-corrected chi connectivity index (χ0v) is 18.4. The number of hydrogen-bond acceptors (Lipinski definition) is 6. The number of rotatable bonds is 9. The minimum Gasteiger partial charge on any atom is -0.502 e. The van der Waals surface area contributed by atoms with Gasteiger partial charge in [-0.3, -0.25) is 14.4 Å². The van der Waals surface area contributed by atoms with Crippen LogP contribution in [0.1, 0.15) is 35.0 Å². The Morgan fingerprint density at radius 3 is 2.39 bits per heavy atom. The van der Waals surface area contributed by atoms with Crippen LogP contribution in [0.4, 0.5) is 0 Å². The summed E-state index contributed by atoms with van der Waals surface area (Å²) >= 11 is 0. The highest BCUT2D eigenvalue weighted by atomic mass is 16.5. The van der Waals surface area contributed by atoms with Crippen molar-refractivity contribution in [2.75, 3.05) is 7.11 Å². The molecule has 4 N–H and O–H groups in total. The van der Waals surface area contributed by atoms with Gasteiger partial charge in [-0.1, -0.05) is 42.5 Å². The summed E-state index contributed by atoms with van der Waals surface area (Å²) in [6, 6.07) is 16.3. The van der Waals surface area contributed by atoms with E-state index in [1.165, 1.54) is 13.2 Å². The lowest BCUT2D eigenvalue weighted by Gasteiger charge is -2.20. The molecule has 8 heteroatoms. The van der Waals surface area contributed by atoms with Crippen LogP contribution in [0.25, 0.3) is 0 Å². The average molecular weight is 450 g/mol. The maximum atomic E-state index is 13.0. The molecule has 2 aromatic carbocycles. The molecule has 33 heavy (non-hydrogen) atoms. The van der Waals surface area contributed by atoms with Gasteiger partial charge in [0.2, 0.25) is 23.0 Å². The normalized spacial score (nSPS) is 12.5. The summed E-state index contributed by atoms with van der Waals surface area (Å²) in [5.74, 6) is -1.63. The Morgan fingerprint density at radius 1 is 1.12 bits per heavy atom. The van der Waals surface area contributed by atoms with Gasteiger partial charge in [-0.25, -0.2) is 0 Å². The highest BCUT2D eigenvalue weighted by Gasteiger charge is 2.27. The fourth-order valence-electron chi connectivity index (χ4n) is 3.57. The zero-order chi connectivity index (χ0) is 24.0. The summed E-state index contributed by atoms with van der Waals surface area (Å²) in [5, 5.41) is 13.1. The number of nitrogens with one attached hydrogen (secondary N) is 1. The van der Waals surface area contributed by atoms with Gasteiger partial charge >= 0.3 is 0 Å². The number of methoxy groups -OCH3 is 1. The van der Waals surface area contributed by atoms with E-state index < -0.39 is 35.0 Å². The summed E-state index contributed by atoms with van der Waals surface area (Å²) in [7, 11) is 1.53. The Kier molecular flexibility index (Phi) is 7.50. The van der Waals surface area contributed by atoms with Crippen molar-refractivity contribution in [2.45, 2.75) is 31.7 Å². The first-order valence-corrected chi connectivity index (χ1v) is 10.4. The van der Waals surface area contributed by atoms with E-state index in [9.17, 15) is 19.5 Å². The lowest BCUT2D eigenvalue weighted by atomic mass is 9.91. The number of aryl methyl sites for hydroxylation is 1. The Bertz CT molecular complexity index is 1170. The van der Waals surface area contributed by atoms with Gasteiger partial charge in [0.05, 0.1) is 13.0 Å². The van der Waals surface area contributed by atoms with Crippen LogP contribution in [0.2, 0.25) is 0 Å². The van der Waals surface area contributed by atoms with Crippen molar-refractivity contribution < 1.29 is 23.8 Å². The molecular formula is C25H26N2O6. The lowest BCUT2D eigenvalue weighted by molar-refractivity contribution is -0.127. The number of benzene rings is 2. The summed E-state index contributed by atoms with van der Waals surface area (Å²) in [6.07, 6.45) is 0.0464. The van der Waals surface area contributed by atoms with E-state index in [1.54, 1.807) is 31.2 Å². The number of carbonyl (C=O) groups is 2. The van der Waals surface area contributed by atoms with Crippen LogP contribution in [0.5, 0.6) is 11.5 Å². The predicted octanol–water partition coefficient (Wildman–Crippen LogP) is 2.40. The van der Waals surface area contributed by atoms with Gasteiger partial charge in [0.25, 0.3) is 0 Å². The number of primary amides is 1. The van der Waals surface area contributed by atoms with E-state index in [0.717, 1.165) is 5.56 Å². The van der Waals surface area contributed by atoms with Crippen LogP contribution in [-0.2, 0) is 16.0 Å². The number of carbonyl (C=O) groups excluding carboxylic acids is 2. The van der Waals surface area contributed by atoms with Crippen LogP contribution < -0.4 is 21.2 Å². The van der Waals surface area contributed by atoms with Gasteiger partial charge in [0.1, 0.15) is 17.6 Å². The molecule has 0 aliphatic carbocycles. The third-order valence-corrected chi connectivity index (χ3v) is 5.26. The second kappa shape index (κ2) is 10.5. The second-order valence-corrected chi connectivity index (χ2v) is 7.68. The van der Waals surface area contributed by atoms with Crippen LogP contribution in [0, 0.1) is 6.92 Å². The van der Waals surface area contributed by atoms with E-state index in [4.69, 9.17) is 14.9 Å². The molecule has 2 amide bonds. The van der Waals surface area contributed by atoms with E-state index in [-0.39, 0.29) is 18.6 Å². The molecule has 0 aliphatic rings. The predicted molar refractivity (Wildman–Crippen MR) is 122 cm³/mol. The topological polar surface area (TPSA) is 132 Å². The van der Waals surface area contributed by atoms with Crippen LogP contribution >= 0.6 is 0 Å². The molecule has 0 aliphatic heterocycles. The second-order valence-electron chi connectivity index (χ2n) is 7.68. The Balaban J connectivity index is 1.89. The fourth-order valence-corrected chi connectivity index (χ4v) is 3.57. The molecule has 0 fully saturated rings. The minimum absolute atomic E-state index is 0.0287. The molecule has 3 rings (SSSR count). The molecule has 0 saturated carbocycles. The average Bonchev–Trinajstić information content (AvgIpc) is 2.80. The largest absolute Gasteiger partial charge is 0.502 e. The van der Waals surface area contributed by atoms with Gasteiger partial charge in [-0.05, 0) is 30.2 Å². The highest BCUT2D eigenvalue weighted by molar-refractivity contribution is 5.87. The third kappa shape index (κ3) is 6.00. The monoisotopic (exact) mass is 450 g/mol. The standard InChI is InChI=1S/C25H26N2O6/c1-15-12-21(28)23(30)24(33-15)19(17-8-10-18(32-2)11-9-17)14-22(29)27-20(25(26)31)13-16-6-4-3-5-7-16/h3-12,19-20,30H,13-14H2,1-2H3,(H2,26,31)(H,27,29)/t19?,20-/m0/s1. The van der Waals surface area contributed by atoms with Crippen molar-refractivity contribution >= 4 is 11.8 Å². The summed E-state index contributed by atoms with van der Waals surface area (Å²) in [5.41, 5.74) is 6.37. The maximum Gasteiger partial charge on any atom is 0.240 e. The van der Waals surface area contributed by atoms with Crippen molar-refractivity contribution in [1.82, 2.24) is 5.32 Å². The molecule has 1 unspecified atom stereocenters. The van der Waals surface area contributed by atoms with Crippen LogP contribution in [0.3, 0.4) is 0 Å². The molecule has 0 radical (unpaired) electrons. The first-order chi connectivity index (χ1) is 15.8. The molecular weight excluding hydrogens is 424 g/mol. The number of amides is 2. The van der Waals surface area contributed by atoms with Crippen molar-refractivity contribution in [3.8, 4) is 11.5 Å². The molecule has 0 spiro atoms. The van der Waals surface area contributed by atoms with Crippen LogP contribution in [-0.4, -0.2) is 30.1 Å². The number of ether oxygens (including phenoxy) is 1. The van der Waals surface area contributed by atoms with Crippen molar-refractivity contribution in [2.24, 2.45) is 5.73 Å². The van der Waals surface area contributed by atoms with Gasteiger partial charge in [-0.2, -0.15) is 0 Å². The van der Waals surface area contributed by atoms with Crippen molar-refractivity contribution in [3.63, 3.8) is 0 Å². The summed E-state index contributed by atoms with van der Waals surface area (Å²) < 4.78 is 10.8. The third-order valence-electron chi connectivity index (χ3n) is 5.26. The molecule has 0 saturated heterocycles. The summed E-state index contributed by atoms with van der Waals surface area (Å²) in [6.45, 7) is 1.58. The maximum absolute atomic E-state index is 13.0. The molecule has 1 aromatic heterocycles. The number of nitrogens with two attached hydrogens (primary N) is 1. The molecule has 172 valence electrons. The molecule has 0 bridgehead atoms. The Hall–Kier alpha value is -4.07. The molecule has 8 nitrogen and oxygen atoms in total. The highest BCUT2D eigenvalue weighted by Crippen LogP contribution is 2.33. The minimum atomic E-state index is -0.922. The number of hydrogen-bond donors (Lipinski definition) is 3. The smallest absolute Gasteiger partial charge is 0.240 e. The van der Waals surface area contributed by atoms with E-state index in [2.05, 4.69) is 5.32 Å².